The van der Waals surface area contributed by atoms with Crippen molar-refractivity contribution in [1.29, 1.82) is 0 Å². The van der Waals surface area contributed by atoms with Gasteiger partial charge in [-0.05, 0) is 48.0 Å². The van der Waals surface area contributed by atoms with Crippen LogP contribution in [-0.2, 0) is 13.1 Å². The number of hydrogen-bond donors (Lipinski definition) is 0. The molecule has 5 heteroatoms. The van der Waals surface area contributed by atoms with Gasteiger partial charge < -0.3 is 9.64 Å². The largest absolute Gasteiger partial charge is 0.497 e. The lowest BCUT2D eigenvalue weighted by Gasteiger charge is -2.31. The number of para-hydroxylation sites is 1. The van der Waals surface area contributed by atoms with Crippen LogP contribution in [0.4, 0.5) is 5.69 Å². The van der Waals surface area contributed by atoms with E-state index in [1.54, 1.807) is 18.9 Å². The van der Waals surface area contributed by atoms with E-state index < -0.39 is 0 Å². The predicted molar refractivity (Wildman–Crippen MR) is 128 cm³/mol. The standard InChI is InChI=1S/C26H23N3OS/c1-18-8-6-11-20-14-21-17-29(16-19-9-4-3-5-10-19)26(31-25(21)28-24(18)20)27-22-12-7-13-23(15-22)30-2/h3-15H,16-17H2,1-2H3. The molecular weight excluding hydrogens is 402 g/mol. The highest BCUT2D eigenvalue weighted by atomic mass is 32.2. The van der Waals surface area contributed by atoms with Gasteiger partial charge in [-0.25, -0.2) is 9.98 Å². The van der Waals surface area contributed by atoms with Gasteiger partial charge in [0, 0.05) is 30.1 Å². The summed E-state index contributed by atoms with van der Waals surface area (Å²) >= 11 is 1.64. The summed E-state index contributed by atoms with van der Waals surface area (Å²) in [6, 6.07) is 27.0. The molecule has 0 atom stereocenters. The number of aromatic nitrogens is 1. The molecule has 154 valence electrons. The van der Waals surface area contributed by atoms with Crippen molar-refractivity contribution in [2.24, 2.45) is 4.99 Å². The fourth-order valence-corrected chi connectivity index (χ4v) is 4.78. The molecule has 4 aromatic rings. The summed E-state index contributed by atoms with van der Waals surface area (Å²) in [6.45, 7) is 3.68. The molecule has 5 rings (SSSR count). The van der Waals surface area contributed by atoms with Crippen molar-refractivity contribution >= 4 is 33.5 Å². The third-order valence-corrected chi connectivity index (χ3v) is 6.48. The van der Waals surface area contributed by atoms with Crippen LogP contribution in [0, 0.1) is 6.92 Å². The Bertz CT molecular complexity index is 1270. The lowest BCUT2D eigenvalue weighted by atomic mass is 10.1. The summed E-state index contributed by atoms with van der Waals surface area (Å²) in [5, 5.41) is 3.17. The smallest absolute Gasteiger partial charge is 0.171 e. The number of nitrogens with zero attached hydrogens (tertiary/aromatic N) is 3. The molecule has 3 aromatic carbocycles. The van der Waals surface area contributed by atoms with Crippen LogP contribution >= 0.6 is 11.8 Å². The number of hydrogen-bond acceptors (Lipinski definition) is 4. The fraction of sp³-hybridized carbons (Fsp3) is 0.154. The van der Waals surface area contributed by atoms with Crippen molar-refractivity contribution in [2.45, 2.75) is 25.0 Å². The second kappa shape index (κ2) is 8.44. The van der Waals surface area contributed by atoms with Crippen LogP contribution in [0.3, 0.4) is 0 Å². The van der Waals surface area contributed by atoms with Gasteiger partial charge >= 0.3 is 0 Å². The molecule has 0 bridgehead atoms. The highest BCUT2D eigenvalue weighted by molar-refractivity contribution is 8.13. The summed E-state index contributed by atoms with van der Waals surface area (Å²) in [4.78, 5) is 12.3. The molecule has 1 aliphatic rings. The lowest BCUT2D eigenvalue weighted by molar-refractivity contribution is 0.406. The number of thioether (sulfide) groups is 1. The predicted octanol–water partition coefficient (Wildman–Crippen LogP) is 6.35. The van der Waals surface area contributed by atoms with E-state index >= 15 is 0 Å². The number of fused-ring (bicyclic) bond motifs is 2. The molecule has 1 aliphatic heterocycles. The van der Waals surface area contributed by atoms with Gasteiger partial charge in [0.15, 0.2) is 5.17 Å². The normalized spacial score (nSPS) is 14.6. The van der Waals surface area contributed by atoms with Gasteiger partial charge in [0.1, 0.15) is 10.8 Å². The van der Waals surface area contributed by atoms with Crippen molar-refractivity contribution in [3.8, 4) is 5.75 Å². The minimum Gasteiger partial charge on any atom is -0.497 e. The topological polar surface area (TPSA) is 37.7 Å². The molecule has 0 N–H and O–H groups in total. The molecule has 0 aliphatic carbocycles. The number of aliphatic imine (C=N–C) groups is 1. The first-order valence-electron chi connectivity index (χ1n) is 10.3. The number of rotatable bonds is 4. The molecule has 0 saturated heterocycles. The third-order valence-electron chi connectivity index (χ3n) is 5.40. The second-order valence-corrected chi connectivity index (χ2v) is 8.59. The van der Waals surface area contributed by atoms with E-state index in [1.165, 1.54) is 22.1 Å². The average Bonchev–Trinajstić information content (AvgIpc) is 2.80. The first-order valence-corrected chi connectivity index (χ1v) is 11.1. The Labute approximate surface area is 186 Å². The van der Waals surface area contributed by atoms with Crippen LogP contribution in [0.2, 0.25) is 0 Å². The number of ether oxygens (including phenoxy) is 1. The molecule has 0 unspecified atom stereocenters. The first kappa shape index (κ1) is 19.6. The second-order valence-electron chi connectivity index (χ2n) is 7.64. The molecule has 0 amide bonds. The summed E-state index contributed by atoms with van der Waals surface area (Å²) in [7, 11) is 1.68. The van der Waals surface area contributed by atoms with Crippen LogP contribution < -0.4 is 4.74 Å². The van der Waals surface area contributed by atoms with Gasteiger partial charge in [-0.2, -0.15) is 0 Å². The van der Waals surface area contributed by atoms with Gasteiger partial charge in [-0.3, -0.25) is 0 Å². The Morgan fingerprint density at radius 2 is 1.84 bits per heavy atom. The van der Waals surface area contributed by atoms with E-state index in [9.17, 15) is 0 Å². The molecule has 4 nitrogen and oxygen atoms in total. The van der Waals surface area contributed by atoms with Crippen LogP contribution in [0.5, 0.6) is 5.75 Å². The van der Waals surface area contributed by atoms with E-state index in [4.69, 9.17) is 14.7 Å². The monoisotopic (exact) mass is 425 g/mol. The van der Waals surface area contributed by atoms with Gasteiger partial charge in [0.2, 0.25) is 0 Å². The molecule has 0 saturated carbocycles. The van der Waals surface area contributed by atoms with Crippen molar-refractivity contribution in [3.63, 3.8) is 0 Å². The van der Waals surface area contributed by atoms with Gasteiger partial charge in [0.05, 0.1) is 18.3 Å². The van der Waals surface area contributed by atoms with Crippen LogP contribution in [0.25, 0.3) is 10.9 Å². The molecule has 1 aromatic heterocycles. The Hall–Kier alpha value is -3.31. The zero-order valence-corrected chi connectivity index (χ0v) is 18.4. The average molecular weight is 426 g/mol. The Morgan fingerprint density at radius 3 is 2.68 bits per heavy atom. The summed E-state index contributed by atoms with van der Waals surface area (Å²) in [6.07, 6.45) is 0. The number of methoxy groups -OCH3 is 1. The Kier molecular flexibility index (Phi) is 5.35. The Balaban J connectivity index is 1.58. The summed E-state index contributed by atoms with van der Waals surface area (Å²) in [5.74, 6) is 0.803. The van der Waals surface area contributed by atoms with Crippen LogP contribution in [-0.4, -0.2) is 22.2 Å². The van der Waals surface area contributed by atoms with E-state index in [1.807, 2.05) is 30.3 Å². The van der Waals surface area contributed by atoms with Gasteiger partial charge in [0.25, 0.3) is 0 Å². The maximum atomic E-state index is 5.38. The maximum absolute atomic E-state index is 5.38. The van der Waals surface area contributed by atoms with E-state index in [0.717, 1.165) is 40.2 Å². The highest BCUT2D eigenvalue weighted by Gasteiger charge is 2.25. The van der Waals surface area contributed by atoms with Crippen molar-refractivity contribution < 1.29 is 4.74 Å². The zero-order chi connectivity index (χ0) is 21.2. The van der Waals surface area contributed by atoms with Gasteiger partial charge in [-0.1, -0.05) is 54.6 Å². The molecular formula is C26H23N3OS. The SMILES string of the molecule is COc1cccc(N=C2Sc3nc4c(C)cccc4cc3CN2Cc2ccccc2)c1. The number of pyridine rings is 1. The number of aryl methyl sites for hydroxylation is 1. The number of benzene rings is 3. The van der Waals surface area contributed by atoms with E-state index in [-0.39, 0.29) is 0 Å². The summed E-state index contributed by atoms with van der Waals surface area (Å²) < 4.78 is 5.38. The maximum Gasteiger partial charge on any atom is 0.171 e. The quantitative estimate of drug-likeness (QED) is 0.382. The molecule has 0 spiro atoms. The minimum absolute atomic E-state index is 0.775. The first-order chi connectivity index (χ1) is 15.2. The minimum atomic E-state index is 0.775. The summed E-state index contributed by atoms with van der Waals surface area (Å²) in [5.41, 5.74) is 5.63. The zero-order valence-electron chi connectivity index (χ0n) is 17.6. The highest BCUT2D eigenvalue weighted by Crippen LogP contribution is 2.36. The van der Waals surface area contributed by atoms with Crippen LogP contribution in [0.1, 0.15) is 16.7 Å². The number of amidine groups is 1. The fourth-order valence-electron chi connectivity index (χ4n) is 3.81. The molecule has 2 heterocycles. The molecule has 31 heavy (non-hydrogen) atoms. The van der Waals surface area contributed by atoms with Crippen molar-refractivity contribution in [1.82, 2.24) is 9.88 Å². The molecule has 0 radical (unpaired) electrons. The van der Waals surface area contributed by atoms with E-state index in [0.29, 0.717) is 0 Å². The van der Waals surface area contributed by atoms with Crippen molar-refractivity contribution in [3.05, 3.63) is 95.6 Å². The lowest BCUT2D eigenvalue weighted by Crippen LogP contribution is -2.31. The third kappa shape index (κ3) is 4.14. The Morgan fingerprint density at radius 1 is 1.00 bits per heavy atom. The van der Waals surface area contributed by atoms with Gasteiger partial charge in [-0.15, -0.1) is 0 Å². The molecule has 0 fully saturated rings. The van der Waals surface area contributed by atoms with Crippen LogP contribution in [0.15, 0.2) is 88.9 Å². The van der Waals surface area contributed by atoms with E-state index in [2.05, 4.69) is 60.4 Å². The van der Waals surface area contributed by atoms with Crippen molar-refractivity contribution in [2.75, 3.05) is 7.11 Å².